The molecule has 2 aromatic rings. The lowest BCUT2D eigenvalue weighted by Crippen LogP contribution is -2.23. The average molecular weight is 414 g/mol. The molecule has 0 bridgehead atoms. The number of nitrogens with two attached hydrogens (primary N) is 1. The van der Waals surface area contributed by atoms with Gasteiger partial charge in [0.2, 0.25) is 0 Å². The van der Waals surface area contributed by atoms with Gasteiger partial charge in [-0.15, -0.1) is 11.8 Å². The van der Waals surface area contributed by atoms with Crippen molar-refractivity contribution < 1.29 is 14.3 Å². The van der Waals surface area contributed by atoms with Crippen LogP contribution >= 0.6 is 23.5 Å². The van der Waals surface area contributed by atoms with Crippen LogP contribution in [0.1, 0.15) is 5.56 Å². The molecule has 28 heavy (non-hydrogen) atoms. The smallest absolute Gasteiger partial charge is 0.266 e. The number of ether oxygens (including phenoxy) is 1. The normalized spacial score (nSPS) is 16.8. The molecule has 2 aromatic carbocycles. The highest BCUT2D eigenvalue weighted by Crippen LogP contribution is 2.33. The number of carbonyl (C=O) groups excluding carboxylic acids is 2. The number of carbonyl (C=O) groups is 2. The first-order valence-corrected chi connectivity index (χ1v) is 10.4. The summed E-state index contributed by atoms with van der Waals surface area (Å²) in [4.78, 5) is 31.2. The maximum absolute atomic E-state index is 12.6. The Morgan fingerprint density at radius 2 is 2.04 bits per heavy atom. The van der Waals surface area contributed by atoms with Crippen LogP contribution in [0.2, 0.25) is 0 Å². The molecule has 144 valence electrons. The van der Waals surface area contributed by atoms with Gasteiger partial charge in [0.25, 0.3) is 11.8 Å². The van der Waals surface area contributed by atoms with E-state index in [4.69, 9.17) is 10.5 Å². The summed E-state index contributed by atoms with van der Waals surface area (Å²) in [7, 11) is 1.72. The number of amidine groups is 1. The number of hydrogen-bond acceptors (Lipinski definition) is 6. The topological polar surface area (TPSA) is 85.0 Å². The van der Waals surface area contributed by atoms with E-state index < -0.39 is 5.91 Å². The molecule has 1 fully saturated rings. The fraction of sp³-hybridized carbons (Fsp3) is 0.150. The number of benzene rings is 2. The predicted molar refractivity (Wildman–Crippen MR) is 115 cm³/mol. The third kappa shape index (κ3) is 4.96. The van der Waals surface area contributed by atoms with Gasteiger partial charge in [0.1, 0.15) is 5.75 Å². The second kappa shape index (κ2) is 8.99. The lowest BCUT2D eigenvalue weighted by molar-refractivity contribution is -0.121. The van der Waals surface area contributed by atoms with Gasteiger partial charge in [-0.05, 0) is 60.0 Å². The number of hydrogen-bond donors (Lipinski definition) is 1. The number of thioether (sulfide) groups is 2. The molecular formula is C20H19N3O3S2. The van der Waals surface area contributed by atoms with Gasteiger partial charge in [-0.3, -0.25) is 14.5 Å². The molecule has 0 spiro atoms. The monoisotopic (exact) mass is 413 g/mol. The quantitative estimate of drug-likeness (QED) is 0.579. The van der Waals surface area contributed by atoms with E-state index in [9.17, 15) is 9.59 Å². The molecule has 0 aromatic heterocycles. The number of aliphatic imine (C=N–C) groups is 1. The number of nitrogens with zero attached hydrogens (tertiary/aromatic N) is 2. The molecule has 0 saturated carbocycles. The van der Waals surface area contributed by atoms with Gasteiger partial charge in [-0.25, -0.2) is 4.99 Å². The summed E-state index contributed by atoms with van der Waals surface area (Å²) in [5.74, 6) is -0.0877. The number of primary amides is 1. The molecule has 1 aliphatic rings. The number of rotatable bonds is 6. The first-order chi connectivity index (χ1) is 13.5. The summed E-state index contributed by atoms with van der Waals surface area (Å²) in [6.45, 7) is -0.170. The third-order valence-corrected chi connectivity index (χ3v) is 5.63. The van der Waals surface area contributed by atoms with Crippen molar-refractivity contribution in [3.05, 3.63) is 59.0 Å². The van der Waals surface area contributed by atoms with Gasteiger partial charge in [0, 0.05) is 11.9 Å². The molecule has 0 unspecified atom stereocenters. The summed E-state index contributed by atoms with van der Waals surface area (Å²) < 4.78 is 5.24. The predicted octanol–water partition coefficient (Wildman–Crippen LogP) is 3.51. The molecule has 1 aliphatic heterocycles. The first kappa shape index (κ1) is 20.0. The molecule has 2 amide bonds. The number of amides is 2. The third-order valence-electron chi connectivity index (χ3n) is 3.84. The van der Waals surface area contributed by atoms with E-state index in [0.29, 0.717) is 15.8 Å². The Bertz CT molecular complexity index is 955. The average Bonchev–Trinajstić information content (AvgIpc) is 2.95. The lowest BCUT2D eigenvalue weighted by Gasteiger charge is -2.07. The Hall–Kier alpha value is -2.71. The largest absolute Gasteiger partial charge is 0.484 e. The van der Waals surface area contributed by atoms with Crippen LogP contribution in [0, 0.1) is 0 Å². The minimum absolute atomic E-state index is 0.0983. The molecule has 1 saturated heterocycles. The summed E-state index contributed by atoms with van der Waals surface area (Å²) >= 11 is 2.98. The molecule has 0 atom stereocenters. The Balaban J connectivity index is 1.77. The van der Waals surface area contributed by atoms with Crippen molar-refractivity contribution in [1.82, 2.24) is 4.90 Å². The van der Waals surface area contributed by atoms with Crippen LogP contribution in [0.4, 0.5) is 5.69 Å². The van der Waals surface area contributed by atoms with Gasteiger partial charge in [-0.2, -0.15) is 0 Å². The summed E-state index contributed by atoms with van der Waals surface area (Å²) in [5.41, 5.74) is 6.72. The van der Waals surface area contributed by atoms with Crippen LogP contribution in [0.15, 0.2) is 63.3 Å². The highest BCUT2D eigenvalue weighted by molar-refractivity contribution is 8.18. The zero-order valence-corrected chi connectivity index (χ0v) is 17.0. The van der Waals surface area contributed by atoms with Gasteiger partial charge in [-0.1, -0.05) is 18.2 Å². The summed E-state index contributed by atoms with van der Waals surface area (Å²) in [5, 5.41) is 0.635. The van der Waals surface area contributed by atoms with Crippen LogP contribution in [0.3, 0.4) is 0 Å². The maximum atomic E-state index is 12.6. The highest BCUT2D eigenvalue weighted by Gasteiger charge is 2.30. The van der Waals surface area contributed by atoms with E-state index >= 15 is 0 Å². The maximum Gasteiger partial charge on any atom is 0.266 e. The Kier molecular flexibility index (Phi) is 6.43. The van der Waals surface area contributed by atoms with Crippen molar-refractivity contribution in [3.63, 3.8) is 0 Å². The summed E-state index contributed by atoms with van der Waals surface area (Å²) in [6.07, 6.45) is 3.82. The van der Waals surface area contributed by atoms with Crippen molar-refractivity contribution in [2.75, 3.05) is 19.9 Å². The Labute approximate surface area is 171 Å². The fourth-order valence-electron chi connectivity index (χ4n) is 2.41. The van der Waals surface area contributed by atoms with Crippen molar-refractivity contribution >= 4 is 52.3 Å². The van der Waals surface area contributed by atoms with Crippen molar-refractivity contribution in [2.45, 2.75) is 4.90 Å². The minimum Gasteiger partial charge on any atom is -0.484 e. The Morgan fingerprint density at radius 3 is 2.71 bits per heavy atom. The fourth-order valence-corrected chi connectivity index (χ4v) is 3.85. The molecule has 0 radical (unpaired) electrons. The highest BCUT2D eigenvalue weighted by atomic mass is 32.2. The lowest BCUT2D eigenvalue weighted by atomic mass is 10.2. The van der Waals surface area contributed by atoms with Crippen molar-refractivity contribution in [2.24, 2.45) is 10.7 Å². The van der Waals surface area contributed by atoms with E-state index in [2.05, 4.69) is 4.99 Å². The second-order valence-electron chi connectivity index (χ2n) is 5.89. The second-order valence-corrected chi connectivity index (χ2v) is 7.78. The van der Waals surface area contributed by atoms with Crippen LogP contribution in [0.25, 0.3) is 6.08 Å². The van der Waals surface area contributed by atoms with E-state index in [-0.39, 0.29) is 12.5 Å². The van der Waals surface area contributed by atoms with Gasteiger partial charge >= 0.3 is 0 Å². The summed E-state index contributed by atoms with van der Waals surface area (Å²) in [6, 6.07) is 15.0. The molecule has 6 nitrogen and oxygen atoms in total. The molecule has 1 heterocycles. The molecule has 3 rings (SSSR count). The van der Waals surface area contributed by atoms with Gasteiger partial charge < -0.3 is 10.5 Å². The number of likely N-dealkylation sites (N-methyl/N-ethyl adjacent to an activating group) is 1. The van der Waals surface area contributed by atoms with Crippen LogP contribution in [0.5, 0.6) is 5.75 Å². The van der Waals surface area contributed by atoms with Crippen LogP contribution < -0.4 is 10.5 Å². The standard InChI is InChI=1S/C20H19N3O3S2/c1-23-19(25)17(10-13-6-8-15(9-7-13)26-12-18(21)24)28-20(23)22-14-4-3-5-16(11-14)27-2/h3-11H,12H2,1-2H3,(H2,21,24)/b17-10+,22-20?. The molecule has 0 aliphatic carbocycles. The van der Waals surface area contributed by atoms with E-state index in [1.807, 2.05) is 48.7 Å². The van der Waals surface area contributed by atoms with E-state index in [0.717, 1.165) is 16.1 Å². The van der Waals surface area contributed by atoms with E-state index in [1.54, 1.807) is 35.8 Å². The van der Waals surface area contributed by atoms with Crippen molar-refractivity contribution in [3.8, 4) is 5.75 Å². The SMILES string of the molecule is CSc1cccc(N=C2S/C(=C/c3ccc(OCC(N)=O)cc3)C(=O)N2C)c1. The molecule has 2 N–H and O–H groups in total. The first-order valence-electron chi connectivity index (χ1n) is 8.38. The molecule has 8 heteroatoms. The van der Waals surface area contributed by atoms with Crippen molar-refractivity contribution in [1.29, 1.82) is 0 Å². The van der Waals surface area contributed by atoms with Gasteiger partial charge in [0.05, 0.1) is 10.6 Å². The zero-order valence-electron chi connectivity index (χ0n) is 15.4. The molecular weight excluding hydrogens is 394 g/mol. The van der Waals surface area contributed by atoms with Gasteiger partial charge in [0.15, 0.2) is 11.8 Å². The minimum atomic E-state index is -0.530. The Morgan fingerprint density at radius 1 is 1.29 bits per heavy atom. The van der Waals surface area contributed by atoms with E-state index in [1.165, 1.54) is 11.8 Å². The zero-order chi connectivity index (χ0) is 20.1. The van der Waals surface area contributed by atoms with Crippen LogP contribution in [-0.2, 0) is 9.59 Å². The van der Waals surface area contributed by atoms with Crippen LogP contribution in [-0.4, -0.2) is 41.8 Å².